The minimum absolute atomic E-state index is 0.0298. The van der Waals surface area contributed by atoms with E-state index in [0.717, 1.165) is 55.2 Å². The maximum absolute atomic E-state index is 14.3. The molecule has 1 saturated heterocycles. The summed E-state index contributed by atoms with van der Waals surface area (Å²) in [5.74, 6) is 0.924. The van der Waals surface area contributed by atoms with Gasteiger partial charge < -0.3 is 15.5 Å². The van der Waals surface area contributed by atoms with Gasteiger partial charge in [-0.3, -0.25) is 4.98 Å². The molecule has 2 aliphatic rings. The second-order valence-corrected chi connectivity index (χ2v) is 12.3. The number of alkyl halides is 3. The van der Waals surface area contributed by atoms with Crippen LogP contribution in [0.3, 0.4) is 0 Å². The molecule has 0 bridgehead atoms. The van der Waals surface area contributed by atoms with E-state index in [1.807, 2.05) is 4.90 Å². The number of fused-ring (bicyclic) bond motifs is 1. The third-order valence-electron chi connectivity index (χ3n) is 6.57. The van der Waals surface area contributed by atoms with Gasteiger partial charge in [0, 0.05) is 37.6 Å². The molecule has 0 radical (unpaired) electrons. The molecular formula is C23H26F2I2N8O. The van der Waals surface area contributed by atoms with Gasteiger partial charge in [-0.25, -0.2) is 9.78 Å². The Balaban J connectivity index is 1.34. The van der Waals surface area contributed by atoms with Crippen LogP contribution in [0.2, 0.25) is 0 Å². The lowest BCUT2D eigenvalue weighted by molar-refractivity contribution is 0.127. The second-order valence-electron chi connectivity index (χ2n) is 9.03. The van der Waals surface area contributed by atoms with Gasteiger partial charge in [-0.1, -0.05) is 4.51 Å². The van der Waals surface area contributed by atoms with Crippen LogP contribution in [-0.4, -0.2) is 65.4 Å². The molecular weight excluding hydrogens is 696 g/mol. The first-order valence-electron chi connectivity index (χ1n) is 11.8. The van der Waals surface area contributed by atoms with Gasteiger partial charge in [0.15, 0.2) is 0 Å². The van der Waals surface area contributed by atoms with Crippen LogP contribution in [0.25, 0.3) is 17.0 Å². The van der Waals surface area contributed by atoms with Crippen molar-refractivity contribution >= 4 is 70.7 Å². The van der Waals surface area contributed by atoms with E-state index >= 15 is 0 Å². The third-order valence-corrected chi connectivity index (χ3v) is 8.94. The molecule has 1 aliphatic carbocycles. The van der Waals surface area contributed by atoms with E-state index in [-0.39, 0.29) is 29.6 Å². The summed E-state index contributed by atoms with van der Waals surface area (Å²) in [6.45, 7) is 1.66. The third kappa shape index (κ3) is 5.45. The van der Waals surface area contributed by atoms with Crippen molar-refractivity contribution in [2.24, 2.45) is 0 Å². The van der Waals surface area contributed by atoms with Gasteiger partial charge in [-0.15, -0.1) is 0 Å². The number of aromatic nitrogens is 5. The van der Waals surface area contributed by atoms with Gasteiger partial charge in [0.05, 0.1) is 20.8 Å². The van der Waals surface area contributed by atoms with Gasteiger partial charge in [-0.2, -0.15) is 23.5 Å². The Bertz CT molecular complexity index is 1280. The Labute approximate surface area is 230 Å². The molecule has 1 aliphatic heterocycles. The predicted molar refractivity (Wildman–Crippen MR) is 151 cm³/mol. The molecule has 4 heterocycles. The minimum Gasteiger partial charge on any atom is -0.366 e. The summed E-state index contributed by atoms with van der Waals surface area (Å²) in [5, 5.41) is 11.0. The summed E-state index contributed by atoms with van der Waals surface area (Å²) in [6, 6.07) is 1.67. The molecule has 13 heteroatoms. The molecule has 3 aromatic heterocycles. The van der Waals surface area contributed by atoms with Gasteiger partial charge in [0.2, 0.25) is 0 Å². The molecule has 2 N–H and O–H groups in total. The molecule has 192 valence electrons. The van der Waals surface area contributed by atoms with E-state index in [1.165, 1.54) is 23.1 Å². The summed E-state index contributed by atoms with van der Waals surface area (Å²) < 4.78 is 31.3. The zero-order chi connectivity index (χ0) is 25.3. The lowest BCUT2D eigenvalue weighted by Gasteiger charge is -2.32. The van der Waals surface area contributed by atoms with Gasteiger partial charge in [0.25, 0.3) is 5.95 Å². The quantitative estimate of drug-likeness (QED) is 0.281. The minimum atomic E-state index is -2.98. The van der Waals surface area contributed by atoms with Crippen molar-refractivity contribution in [1.82, 2.24) is 34.9 Å². The fraction of sp³-hybridized carbons (Fsp3) is 0.478. The monoisotopic (exact) mass is 722 g/mol. The summed E-state index contributed by atoms with van der Waals surface area (Å²) in [5.41, 5.74) is 0.726. The fourth-order valence-electron chi connectivity index (χ4n) is 4.69. The number of carbonyl (C=O) groups excluding carboxylic acids is 1. The zero-order valence-electron chi connectivity index (χ0n) is 19.4. The first-order chi connectivity index (χ1) is 17.3. The molecule has 1 saturated carbocycles. The Morgan fingerprint density at radius 2 is 1.92 bits per heavy atom. The van der Waals surface area contributed by atoms with Crippen molar-refractivity contribution < 1.29 is 13.6 Å². The molecule has 2 amide bonds. The molecule has 3 aromatic rings. The molecule has 5 rings (SSSR count). The Hall–Kier alpha value is -2.04. The van der Waals surface area contributed by atoms with Gasteiger partial charge in [-0.05, 0) is 87.9 Å². The normalized spacial score (nSPS) is 20.6. The van der Waals surface area contributed by atoms with Crippen molar-refractivity contribution in [1.29, 1.82) is 0 Å². The average Bonchev–Trinajstić information content (AvgIpc) is 3.56. The number of rotatable bonds is 6. The van der Waals surface area contributed by atoms with Gasteiger partial charge >= 0.3 is 9.96 Å². The van der Waals surface area contributed by atoms with Crippen molar-refractivity contribution in [3.05, 3.63) is 33.8 Å². The Morgan fingerprint density at radius 1 is 1.14 bits per heavy atom. The number of amides is 2. The first-order valence-corrected chi connectivity index (χ1v) is 15.5. The number of hydrogen-bond donors (Lipinski definition) is 2. The zero-order valence-corrected chi connectivity index (χ0v) is 23.7. The van der Waals surface area contributed by atoms with Crippen molar-refractivity contribution in [2.75, 3.05) is 18.4 Å². The van der Waals surface area contributed by atoms with Crippen LogP contribution in [0.1, 0.15) is 44.1 Å². The molecule has 36 heavy (non-hydrogen) atoms. The molecule has 0 unspecified atom stereocenters. The number of anilines is 1. The first kappa shape index (κ1) is 25.6. The largest absolute Gasteiger partial charge is 0.366 e. The predicted octanol–water partition coefficient (Wildman–Crippen LogP) is 4.80. The number of urea groups is 1. The van der Waals surface area contributed by atoms with Crippen LogP contribution in [0.15, 0.2) is 24.7 Å². The molecule has 0 aromatic carbocycles. The van der Waals surface area contributed by atoms with E-state index in [1.54, 1.807) is 6.20 Å². The van der Waals surface area contributed by atoms with Crippen LogP contribution in [0.4, 0.5) is 19.4 Å². The van der Waals surface area contributed by atoms with Gasteiger partial charge in [0.1, 0.15) is 11.3 Å². The smallest absolute Gasteiger partial charge is 0.317 e. The Morgan fingerprint density at radius 3 is 2.69 bits per heavy atom. The number of pyridine rings is 1. The highest BCUT2D eigenvalue weighted by Gasteiger charge is 2.30. The van der Waals surface area contributed by atoms with E-state index in [9.17, 15) is 13.6 Å². The van der Waals surface area contributed by atoms with Crippen molar-refractivity contribution in [3.63, 3.8) is 0 Å². The molecule has 2 atom stereocenters. The number of carbonyl (C=O) groups is 1. The Kier molecular flexibility index (Phi) is 7.65. The summed E-state index contributed by atoms with van der Waals surface area (Å²) >= 11 is 0.590. The summed E-state index contributed by atoms with van der Waals surface area (Å²) in [7, 11) is 0. The SMILES string of the molecule is C=IC(F)(F)c1cnc2cnn(-c3ncc(I)c(N[C@H]4CCC[C@@H](NC(=O)N5CCCC5)C4)n3)c2c1. The standard InChI is InChI=1S/C23H26F2I2N8O/c1-27-23(24,25)14-9-19-18(28-11-14)13-30-35(19)21-29-12-17(26)20(33-21)31-15-5-4-6-16(10-15)32-22(36)34-7-2-3-8-34/h9,11-13,15-16H,1-8,10H2,(H,32,36)(H,29,31,33)/t15-,16+/m0/s1. The number of nitrogens with one attached hydrogen (secondary N) is 2. The number of hydrogen-bond acceptors (Lipinski definition) is 6. The van der Waals surface area contributed by atoms with Crippen LogP contribution in [0.5, 0.6) is 0 Å². The highest BCUT2D eigenvalue weighted by molar-refractivity contribution is 14.2. The van der Waals surface area contributed by atoms with Crippen molar-refractivity contribution in [3.8, 4) is 5.95 Å². The van der Waals surface area contributed by atoms with E-state index in [4.69, 9.17) is 0 Å². The maximum Gasteiger partial charge on any atom is 0.317 e. The number of likely N-dealkylation sites (tertiary alicyclic amines) is 1. The molecule has 0 spiro atoms. The second kappa shape index (κ2) is 10.8. The topological polar surface area (TPSA) is 101 Å². The van der Waals surface area contributed by atoms with Crippen LogP contribution >= 0.6 is 43.3 Å². The molecule has 9 nitrogen and oxygen atoms in total. The fourth-order valence-corrected chi connectivity index (χ4v) is 5.84. The highest BCUT2D eigenvalue weighted by atomic mass is 127. The maximum atomic E-state index is 14.3. The van der Waals surface area contributed by atoms with Crippen LogP contribution in [0, 0.1) is 3.57 Å². The summed E-state index contributed by atoms with van der Waals surface area (Å²) in [4.78, 5) is 27.6. The summed E-state index contributed by atoms with van der Waals surface area (Å²) in [6.07, 6.45) is 10.2. The lowest BCUT2D eigenvalue weighted by Crippen LogP contribution is -2.47. The molecule has 2 fully saturated rings. The lowest BCUT2D eigenvalue weighted by atomic mass is 9.91. The van der Waals surface area contributed by atoms with Crippen LogP contribution in [-0.2, 0) is 3.93 Å². The van der Waals surface area contributed by atoms with Crippen molar-refractivity contribution in [2.45, 2.75) is 54.5 Å². The van der Waals surface area contributed by atoms with E-state index in [0.29, 0.717) is 16.9 Å². The highest BCUT2D eigenvalue weighted by Crippen LogP contribution is 2.39. The number of halogens is 4. The van der Waals surface area contributed by atoms with E-state index in [2.05, 4.69) is 57.8 Å². The number of nitrogens with zero attached hydrogens (tertiary/aromatic N) is 6. The van der Waals surface area contributed by atoms with E-state index < -0.39 is 24.7 Å². The average molecular weight is 722 g/mol. The van der Waals surface area contributed by atoms with Crippen LogP contribution < -0.4 is 10.6 Å².